The Morgan fingerprint density at radius 3 is 2.71 bits per heavy atom. The number of aryl methyl sites for hydroxylation is 1. The van der Waals surface area contributed by atoms with E-state index in [-0.39, 0.29) is 6.04 Å². The average Bonchev–Trinajstić information content (AvgIpc) is 2.59. The second-order valence-corrected chi connectivity index (χ2v) is 3.22. The molecule has 0 bridgehead atoms. The molecule has 1 rings (SSSR count). The molecule has 0 aliphatic carbocycles. The van der Waals surface area contributed by atoms with Crippen LogP contribution in [0.2, 0.25) is 0 Å². The molecule has 3 heteroatoms. The Bertz CT molecular complexity index is 258. The molecule has 1 heterocycles. The summed E-state index contributed by atoms with van der Waals surface area (Å²) in [5, 5.41) is 3.33. The van der Waals surface area contributed by atoms with Gasteiger partial charge in [-0.2, -0.15) is 0 Å². The summed E-state index contributed by atoms with van der Waals surface area (Å²) in [6, 6.07) is 4.15. The number of furan rings is 1. The van der Waals surface area contributed by atoms with Gasteiger partial charge in [0.05, 0.1) is 12.6 Å². The maximum Gasteiger partial charge on any atom is 0.123 e. The molecule has 1 unspecified atom stereocenters. The standard InChI is InChI=1S/C11H19NO2/c1-4-12-10(8-13-5-2)11-7-6-9(3)14-11/h6-7,10,12H,4-5,8H2,1-3H3. The molecule has 0 saturated carbocycles. The van der Waals surface area contributed by atoms with E-state index in [0.29, 0.717) is 6.61 Å². The SMILES string of the molecule is CCNC(COCC)c1ccc(C)o1. The molecule has 0 fully saturated rings. The molecule has 1 aromatic rings. The predicted molar refractivity (Wildman–Crippen MR) is 56.4 cm³/mol. The van der Waals surface area contributed by atoms with Gasteiger partial charge in [0, 0.05) is 6.61 Å². The van der Waals surface area contributed by atoms with Crippen LogP contribution in [0.4, 0.5) is 0 Å². The molecule has 0 saturated heterocycles. The summed E-state index contributed by atoms with van der Waals surface area (Å²) in [6.45, 7) is 8.34. The summed E-state index contributed by atoms with van der Waals surface area (Å²) in [4.78, 5) is 0. The van der Waals surface area contributed by atoms with Crippen molar-refractivity contribution in [3.05, 3.63) is 23.7 Å². The van der Waals surface area contributed by atoms with Crippen molar-refractivity contribution in [1.82, 2.24) is 5.32 Å². The van der Waals surface area contributed by atoms with Gasteiger partial charge >= 0.3 is 0 Å². The zero-order chi connectivity index (χ0) is 10.4. The summed E-state index contributed by atoms with van der Waals surface area (Å²) in [5.74, 6) is 1.90. The van der Waals surface area contributed by atoms with Gasteiger partial charge in [-0.1, -0.05) is 6.92 Å². The molecular formula is C11H19NO2. The lowest BCUT2D eigenvalue weighted by atomic mass is 10.2. The molecule has 0 aromatic carbocycles. The van der Waals surface area contributed by atoms with Crippen molar-refractivity contribution < 1.29 is 9.15 Å². The summed E-state index contributed by atoms with van der Waals surface area (Å²) in [6.07, 6.45) is 0. The van der Waals surface area contributed by atoms with E-state index in [1.54, 1.807) is 0 Å². The van der Waals surface area contributed by atoms with Crippen LogP contribution in [0, 0.1) is 6.92 Å². The third-order valence-corrected chi connectivity index (χ3v) is 2.04. The molecule has 1 aromatic heterocycles. The van der Waals surface area contributed by atoms with E-state index in [9.17, 15) is 0 Å². The Morgan fingerprint density at radius 2 is 2.21 bits per heavy atom. The zero-order valence-corrected chi connectivity index (χ0v) is 9.17. The Balaban J connectivity index is 2.57. The number of ether oxygens (including phenoxy) is 1. The van der Waals surface area contributed by atoms with Gasteiger partial charge in [-0.25, -0.2) is 0 Å². The van der Waals surface area contributed by atoms with Crippen LogP contribution in [0.25, 0.3) is 0 Å². The van der Waals surface area contributed by atoms with E-state index in [4.69, 9.17) is 9.15 Å². The molecule has 14 heavy (non-hydrogen) atoms. The third kappa shape index (κ3) is 3.16. The Hall–Kier alpha value is -0.800. The Kier molecular flexibility index (Phi) is 4.70. The quantitative estimate of drug-likeness (QED) is 0.759. The van der Waals surface area contributed by atoms with Crippen molar-refractivity contribution in [3.63, 3.8) is 0 Å². The van der Waals surface area contributed by atoms with Gasteiger partial charge in [0.1, 0.15) is 11.5 Å². The first-order chi connectivity index (χ1) is 6.77. The molecule has 0 amide bonds. The van der Waals surface area contributed by atoms with Crippen LogP contribution in [-0.2, 0) is 4.74 Å². The fraction of sp³-hybridized carbons (Fsp3) is 0.636. The lowest BCUT2D eigenvalue weighted by molar-refractivity contribution is 0.116. The van der Waals surface area contributed by atoms with E-state index in [1.165, 1.54) is 0 Å². The molecule has 3 nitrogen and oxygen atoms in total. The summed E-state index contributed by atoms with van der Waals surface area (Å²) in [5.41, 5.74) is 0. The Labute approximate surface area is 85.4 Å². The van der Waals surface area contributed by atoms with E-state index >= 15 is 0 Å². The maximum absolute atomic E-state index is 5.55. The molecule has 0 aliphatic rings. The molecule has 0 radical (unpaired) electrons. The van der Waals surface area contributed by atoms with Crippen molar-refractivity contribution in [3.8, 4) is 0 Å². The van der Waals surface area contributed by atoms with Crippen LogP contribution >= 0.6 is 0 Å². The van der Waals surface area contributed by atoms with Gasteiger partial charge in [-0.3, -0.25) is 0 Å². The minimum absolute atomic E-state index is 0.175. The lowest BCUT2D eigenvalue weighted by Gasteiger charge is -2.14. The normalized spacial score (nSPS) is 13.1. The largest absolute Gasteiger partial charge is 0.465 e. The van der Waals surface area contributed by atoms with Crippen LogP contribution in [0.1, 0.15) is 31.4 Å². The average molecular weight is 197 g/mol. The van der Waals surface area contributed by atoms with Gasteiger partial charge in [0.25, 0.3) is 0 Å². The topological polar surface area (TPSA) is 34.4 Å². The van der Waals surface area contributed by atoms with E-state index in [2.05, 4.69) is 12.2 Å². The van der Waals surface area contributed by atoms with Gasteiger partial charge in [0.2, 0.25) is 0 Å². The third-order valence-electron chi connectivity index (χ3n) is 2.04. The van der Waals surface area contributed by atoms with E-state index in [1.807, 2.05) is 26.0 Å². The second kappa shape index (κ2) is 5.83. The minimum atomic E-state index is 0.175. The molecular weight excluding hydrogens is 178 g/mol. The van der Waals surface area contributed by atoms with E-state index in [0.717, 1.165) is 24.7 Å². The van der Waals surface area contributed by atoms with Crippen LogP contribution in [-0.4, -0.2) is 19.8 Å². The van der Waals surface area contributed by atoms with Crippen LogP contribution in [0.5, 0.6) is 0 Å². The predicted octanol–water partition coefficient (Wildman–Crippen LogP) is 2.28. The van der Waals surface area contributed by atoms with E-state index < -0.39 is 0 Å². The zero-order valence-electron chi connectivity index (χ0n) is 9.17. The van der Waals surface area contributed by atoms with Crippen molar-refractivity contribution in [1.29, 1.82) is 0 Å². The summed E-state index contributed by atoms with van der Waals surface area (Å²) < 4.78 is 10.9. The molecule has 1 atom stereocenters. The van der Waals surface area contributed by atoms with Gasteiger partial charge in [-0.15, -0.1) is 0 Å². The van der Waals surface area contributed by atoms with Crippen molar-refractivity contribution in [2.75, 3.05) is 19.8 Å². The first-order valence-electron chi connectivity index (χ1n) is 5.15. The molecule has 1 N–H and O–H groups in total. The summed E-state index contributed by atoms with van der Waals surface area (Å²) >= 11 is 0. The van der Waals surface area contributed by atoms with Crippen molar-refractivity contribution in [2.45, 2.75) is 26.8 Å². The van der Waals surface area contributed by atoms with Crippen LogP contribution in [0.3, 0.4) is 0 Å². The monoisotopic (exact) mass is 197 g/mol. The number of nitrogens with one attached hydrogen (secondary N) is 1. The number of hydrogen-bond donors (Lipinski definition) is 1. The second-order valence-electron chi connectivity index (χ2n) is 3.22. The highest BCUT2D eigenvalue weighted by Crippen LogP contribution is 2.16. The van der Waals surface area contributed by atoms with Gasteiger partial charge in [-0.05, 0) is 32.5 Å². The Morgan fingerprint density at radius 1 is 1.43 bits per heavy atom. The van der Waals surface area contributed by atoms with Crippen LogP contribution < -0.4 is 5.32 Å². The van der Waals surface area contributed by atoms with Gasteiger partial charge in [0.15, 0.2) is 0 Å². The first-order valence-corrected chi connectivity index (χ1v) is 5.15. The fourth-order valence-corrected chi connectivity index (χ4v) is 1.36. The summed E-state index contributed by atoms with van der Waals surface area (Å²) in [7, 11) is 0. The highest BCUT2D eigenvalue weighted by molar-refractivity contribution is 5.09. The number of hydrogen-bond acceptors (Lipinski definition) is 3. The molecule has 0 spiro atoms. The highest BCUT2D eigenvalue weighted by atomic mass is 16.5. The van der Waals surface area contributed by atoms with Gasteiger partial charge < -0.3 is 14.5 Å². The molecule has 0 aliphatic heterocycles. The fourth-order valence-electron chi connectivity index (χ4n) is 1.36. The maximum atomic E-state index is 5.55. The first kappa shape index (κ1) is 11.3. The number of rotatable bonds is 6. The minimum Gasteiger partial charge on any atom is -0.465 e. The van der Waals surface area contributed by atoms with Crippen molar-refractivity contribution in [2.24, 2.45) is 0 Å². The smallest absolute Gasteiger partial charge is 0.123 e. The van der Waals surface area contributed by atoms with Crippen LogP contribution in [0.15, 0.2) is 16.5 Å². The van der Waals surface area contributed by atoms with Crippen molar-refractivity contribution >= 4 is 0 Å². The highest BCUT2D eigenvalue weighted by Gasteiger charge is 2.13. The molecule has 80 valence electrons. The number of likely N-dealkylation sites (N-methyl/N-ethyl adjacent to an activating group) is 1. The lowest BCUT2D eigenvalue weighted by Crippen LogP contribution is -2.24.